The molecule has 0 aliphatic rings. The van der Waals surface area contributed by atoms with Crippen LogP contribution in [0.1, 0.15) is 31.2 Å². The Hall–Kier alpha value is -0.780. The monoisotopic (exact) mass is 323 g/mol. The summed E-state index contributed by atoms with van der Waals surface area (Å²) in [7, 11) is 0. The molecule has 0 aliphatic carbocycles. The zero-order valence-corrected chi connectivity index (χ0v) is 12.8. The Kier molecular flexibility index (Phi) is 8.07. The van der Waals surface area contributed by atoms with Crippen LogP contribution in [-0.4, -0.2) is 32.5 Å². The van der Waals surface area contributed by atoms with Crippen molar-refractivity contribution >= 4 is 11.6 Å². The van der Waals surface area contributed by atoms with Crippen LogP contribution in [0.4, 0.5) is 13.2 Å². The molecule has 0 saturated carbocycles. The van der Waals surface area contributed by atoms with E-state index in [2.05, 4.69) is 10.1 Å². The van der Waals surface area contributed by atoms with Gasteiger partial charge in [-0.1, -0.05) is 36.7 Å². The lowest BCUT2D eigenvalue weighted by molar-refractivity contribution is -0.174. The number of alkyl halides is 3. The molecule has 1 N–H and O–H groups in total. The molecule has 1 unspecified atom stereocenters. The quantitative estimate of drug-likeness (QED) is 0.680. The third kappa shape index (κ3) is 7.69. The van der Waals surface area contributed by atoms with Crippen molar-refractivity contribution in [2.45, 2.75) is 31.9 Å². The molecule has 0 bridgehead atoms. The van der Waals surface area contributed by atoms with Gasteiger partial charge in [0, 0.05) is 18.2 Å². The largest absolute Gasteiger partial charge is 0.411 e. The minimum atomic E-state index is -4.26. The summed E-state index contributed by atoms with van der Waals surface area (Å²) in [5, 5.41) is 3.95. The predicted octanol–water partition coefficient (Wildman–Crippen LogP) is 4.39. The normalized spacial score (nSPS) is 13.4. The molecule has 1 aromatic rings. The van der Waals surface area contributed by atoms with E-state index in [-0.39, 0.29) is 12.5 Å². The van der Waals surface area contributed by atoms with Gasteiger partial charge in [-0.15, -0.1) is 0 Å². The molecule has 1 rings (SSSR count). The second-order valence-electron chi connectivity index (χ2n) is 4.84. The highest BCUT2D eigenvalue weighted by Crippen LogP contribution is 2.27. The topological polar surface area (TPSA) is 21.3 Å². The lowest BCUT2D eigenvalue weighted by Crippen LogP contribution is -2.22. The van der Waals surface area contributed by atoms with E-state index >= 15 is 0 Å². The molecule has 0 aromatic heterocycles. The summed E-state index contributed by atoms with van der Waals surface area (Å²) in [6.45, 7) is 2.52. The van der Waals surface area contributed by atoms with Gasteiger partial charge in [-0.3, -0.25) is 0 Å². The summed E-state index contributed by atoms with van der Waals surface area (Å²) < 4.78 is 40.6. The highest BCUT2D eigenvalue weighted by atomic mass is 35.5. The minimum Gasteiger partial charge on any atom is -0.372 e. The number of ether oxygens (including phenoxy) is 1. The van der Waals surface area contributed by atoms with Crippen LogP contribution < -0.4 is 5.32 Å². The maximum Gasteiger partial charge on any atom is 0.411 e. The molecule has 1 atom stereocenters. The van der Waals surface area contributed by atoms with Crippen molar-refractivity contribution in [1.82, 2.24) is 5.32 Å². The number of benzene rings is 1. The van der Waals surface area contributed by atoms with Gasteiger partial charge in [-0.2, -0.15) is 13.2 Å². The maximum atomic E-state index is 12.0. The first kappa shape index (κ1) is 18.3. The van der Waals surface area contributed by atoms with Gasteiger partial charge in [0.2, 0.25) is 0 Å². The van der Waals surface area contributed by atoms with Gasteiger partial charge in [0.25, 0.3) is 0 Å². The predicted molar refractivity (Wildman–Crippen MR) is 78.8 cm³/mol. The molecule has 0 amide bonds. The van der Waals surface area contributed by atoms with E-state index in [1.165, 1.54) is 0 Å². The van der Waals surface area contributed by atoms with Crippen molar-refractivity contribution in [1.29, 1.82) is 0 Å². The van der Waals surface area contributed by atoms with E-state index < -0.39 is 12.8 Å². The van der Waals surface area contributed by atoms with Crippen molar-refractivity contribution in [3.05, 3.63) is 34.9 Å². The van der Waals surface area contributed by atoms with Crippen molar-refractivity contribution in [2.24, 2.45) is 0 Å². The molecule has 21 heavy (non-hydrogen) atoms. The zero-order valence-electron chi connectivity index (χ0n) is 12.0. The van der Waals surface area contributed by atoms with Gasteiger partial charge in [0.1, 0.15) is 6.61 Å². The number of nitrogens with one attached hydrogen (secondary N) is 1. The molecule has 2 nitrogen and oxygen atoms in total. The van der Waals surface area contributed by atoms with Crippen LogP contribution in [0, 0.1) is 0 Å². The van der Waals surface area contributed by atoms with E-state index in [0.717, 1.165) is 25.1 Å². The lowest BCUT2D eigenvalue weighted by atomic mass is 9.94. The molecule has 0 saturated heterocycles. The van der Waals surface area contributed by atoms with E-state index in [9.17, 15) is 13.2 Å². The van der Waals surface area contributed by atoms with E-state index in [4.69, 9.17) is 11.6 Å². The highest BCUT2D eigenvalue weighted by molar-refractivity contribution is 6.31. The molecule has 1 aromatic carbocycles. The number of halogens is 4. The smallest absolute Gasteiger partial charge is 0.372 e. The third-order valence-corrected chi connectivity index (χ3v) is 3.44. The Morgan fingerprint density at radius 3 is 2.62 bits per heavy atom. The molecule has 0 spiro atoms. The summed E-state index contributed by atoms with van der Waals surface area (Å²) in [6.07, 6.45) is -2.96. The van der Waals surface area contributed by atoms with Gasteiger partial charge < -0.3 is 10.1 Å². The van der Waals surface area contributed by atoms with E-state index in [0.29, 0.717) is 11.4 Å². The standard InChI is InChI=1S/C15H21ClF3NO/c1-2-20-10-12(13-7-3-4-8-14(13)16)6-5-9-21-11-15(17,18)19/h3-4,7-8,12,20H,2,5-6,9-11H2,1H3. The number of hydrogen-bond donors (Lipinski definition) is 1. The minimum absolute atomic E-state index is 0.104. The second kappa shape index (κ2) is 9.28. The van der Waals surface area contributed by atoms with Crippen molar-refractivity contribution < 1.29 is 17.9 Å². The number of hydrogen-bond acceptors (Lipinski definition) is 2. The Bertz CT molecular complexity index is 412. The molecule has 0 aliphatic heterocycles. The van der Waals surface area contributed by atoms with Crippen LogP contribution >= 0.6 is 11.6 Å². The van der Waals surface area contributed by atoms with Gasteiger partial charge >= 0.3 is 6.18 Å². The number of rotatable bonds is 9. The summed E-state index contributed by atoms with van der Waals surface area (Å²) >= 11 is 6.19. The van der Waals surface area contributed by atoms with Crippen molar-refractivity contribution in [3.8, 4) is 0 Å². The Labute approximate surface area is 128 Å². The Balaban J connectivity index is 2.46. The Morgan fingerprint density at radius 2 is 2.00 bits per heavy atom. The molecule has 0 heterocycles. The molecule has 120 valence electrons. The van der Waals surface area contributed by atoms with Crippen LogP contribution in [0.3, 0.4) is 0 Å². The summed E-state index contributed by atoms with van der Waals surface area (Å²) in [4.78, 5) is 0. The highest BCUT2D eigenvalue weighted by Gasteiger charge is 2.27. The van der Waals surface area contributed by atoms with Crippen molar-refractivity contribution in [2.75, 3.05) is 26.3 Å². The van der Waals surface area contributed by atoms with Gasteiger partial charge in [-0.05, 0) is 36.9 Å². The van der Waals surface area contributed by atoms with Gasteiger partial charge in [0.05, 0.1) is 0 Å². The van der Waals surface area contributed by atoms with Crippen LogP contribution in [0.15, 0.2) is 24.3 Å². The first-order valence-electron chi connectivity index (χ1n) is 7.03. The summed E-state index contributed by atoms with van der Waals surface area (Å²) in [5.74, 6) is 0.174. The molecule has 0 radical (unpaired) electrons. The molecular weight excluding hydrogens is 303 g/mol. The maximum absolute atomic E-state index is 12.0. The average molecular weight is 324 g/mol. The summed E-state index contributed by atoms with van der Waals surface area (Å²) in [5.41, 5.74) is 1.02. The fourth-order valence-corrected chi connectivity index (χ4v) is 2.40. The fraction of sp³-hybridized carbons (Fsp3) is 0.600. The molecule has 6 heteroatoms. The van der Waals surface area contributed by atoms with Crippen LogP contribution in [-0.2, 0) is 4.74 Å². The third-order valence-electron chi connectivity index (χ3n) is 3.09. The summed E-state index contributed by atoms with van der Waals surface area (Å²) in [6, 6.07) is 7.57. The Morgan fingerprint density at radius 1 is 1.29 bits per heavy atom. The van der Waals surface area contributed by atoms with E-state index in [1.54, 1.807) is 0 Å². The lowest BCUT2D eigenvalue weighted by Gasteiger charge is -2.19. The van der Waals surface area contributed by atoms with Gasteiger partial charge in [-0.25, -0.2) is 0 Å². The van der Waals surface area contributed by atoms with Crippen LogP contribution in [0.25, 0.3) is 0 Å². The zero-order chi connectivity index (χ0) is 15.7. The van der Waals surface area contributed by atoms with Gasteiger partial charge in [0.15, 0.2) is 0 Å². The molecular formula is C15H21ClF3NO. The average Bonchev–Trinajstić information content (AvgIpc) is 2.41. The second-order valence-corrected chi connectivity index (χ2v) is 5.24. The van der Waals surface area contributed by atoms with Crippen LogP contribution in [0.2, 0.25) is 5.02 Å². The number of likely N-dealkylation sites (N-methyl/N-ethyl adjacent to an activating group) is 1. The molecule has 0 fully saturated rings. The van der Waals surface area contributed by atoms with Crippen LogP contribution in [0.5, 0.6) is 0 Å². The first-order chi connectivity index (χ1) is 9.94. The SMILES string of the molecule is CCNCC(CCCOCC(F)(F)F)c1ccccc1Cl. The fourth-order valence-electron chi connectivity index (χ4n) is 2.11. The van der Waals surface area contributed by atoms with Crippen molar-refractivity contribution in [3.63, 3.8) is 0 Å². The first-order valence-corrected chi connectivity index (χ1v) is 7.41. The van der Waals surface area contributed by atoms with E-state index in [1.807, 2.05) is 31.2 Å².